The number of halogens is 9. The normalized spacial score (nSPS) is 22.6. The Morgan fingerprint density at radius 2 is 1.10 bits per heavy atom. The van der Waals surface area contributed by atoms with E-state index in [1.54, 1.807) is 0 Å². The number of alkyl halides is 1. The maximum absolute atomic E-state index is 13.5. The van der Waals surface area contributed by atoms with E-state index in [1.807, 2.05) is 0 Å². The van der Waals surface area contributed by atoms with Gasteiger partial charge >= 0.3 is 0 Å². The average molecular weight is 317 g/mol. The average Bonchev–Trinajstić information content (AvgIpc) is 2.44. The molecule has 2 atom stereocenters. The Morgan fingerprint density at radius 3 is 1.57 bits per heavy atom. The van der Waals surface area contributed by atoms with Crippen LogP contribution in [-0.2, 0) is 0 Å². The zero-order valence-electron chi connectivity index (χ0n) is 9.56. The van der Waals surface area contributed by atoms with E-state index in [0.29, 0.717) is 0 Å². The molecule has 0 saturated heterocycles. The molecule has 1 aliphatic carbocycles. The Bertz CT molecular complexity index is 645. The van der Waals surface area contributed by atoms with Crippen molar-refractivity contribution in [3.05, 3.63) is 58.2 Å². The predicted octanol–water partition coefficient (Wildman–Crippen LogP) is 4.62. The van der Waals surface area contributed by atoms with Crippen LogP contribution in [0.15, 0.2) is 17.5 Å². The molecule has 0 heterocycles. The van der Waals surface area contributed by atoms with Crippen LogP contribution >= 0.6 is 0 Å². The second kappa shape index (κ2) is 5.12. The molecule has 1 aliphatic rings. The Balaban J connectivity index is 2.72. The van der Waals surface area contributed by atoms with Gasteiger partial charge in [-0.3, -0.25) is 0 Å². The molecule has 113 valence electrons. The molecule has 0 fully saturated rings. The van der Waals surface area contributed by atoms with Crippen LogP contribution in [0.5, 0.6) is 0 Å². The summed E-state index contributed by atoms with van der Waals surface area (Å²) in [6, 6.07) is 0. The highest BCUT2D eigenvalue weighted by atomic mass is 19.2. The summed E-state index contributed by atoms with van der Waals surface area (Å²) in [5.41, 5.74) is -1.94. The fraction of sp³-hybridized carbons (Fsp3) is 0.167. The summed E-state index contributed by atoms with van der Waals surface area (Å²) in [6.45, 7) is 0. The minimum Gasteiger partial charge on any atom is -0.238 e. The van der Waals surface area contributed by atoms with Gasteiger partial charge in [0.1, 0.15) is 5.83 Å². The highest BCUT2D eigenvalue weighted by Gasteiger charge is 2.42. The van der Waals surface area contributed by atoms with Crippen LogP contribution in [-0.4, -0.2) is 6.17 Å². The number of rotatable bonds is 1. The molecule has 0 bridgehead atoms. The monoisotopic (exact) mass is 317 g/mol. The summed E-state index contributed by atoms with van der Waals surface area (Å²) in [5.74, 6) is -21.8. The van der Waals surface area contributed by atoms with Gasteiger partial charge in [0.05, 0.1) is 12.0 Å². The van der Waals surface area contributed by atoms with Crippen LogP contribution in [0.4, 0.5) is 39.5 Å². The van der Waals surface area contributed by atoms with Crippen molar-refractivity contribution in [2.24, 2.45) is 0 Å². The van der Waals surface area contributed by atoms with Crippen molar-refractivity contribution in [1.29, 1.82) is 0 Å². The summed E-state index contributed by atoms with van der Waals surface area (Å²) < 4.78 is 118. The van der Waals surface area contributed by atoms with E-state index in [4.69, 9.17) is 0 Å². The van der Waals surface area contributed by atoms with Crippen molar-refractivity contribution in [3.8, 4) is 0 Å². The predicted molar refractivity (Wildman–Crippen MR) is 51.0 cm³/mol. The van der Waals surface area contributed by atoms with Crippen molar-refractivity contribution in [2.45, 2.75) is 12.1 Å². The first-order valence-electron chi connectivity index (χ1n) is 5.18. The zero-order valence-corrected chi connectivity index (χ0v) is 9.56. The van der Waals surface area contributed by atoms with Gasteiger partial charge in [-0.2, -0.15) is 0 Å². The van der Waals surface area contributed by atoms with Gasteiger partial charge in [0.15, 0.2) is 41.1 Å². The van der Waals surface area contributed by atoms with Gasteiger partial charge < -0.3 is 0 Å². The Morgan fingerprint density at radius 1 is 0.667 bits per heavy atom. The summed E-state index contributed by atoms with van der Waals surface area (Å²) in [7, 11) is 0. The van der Waals surface area contributed by atoms with Gasteiger partial charge in [-0.05, 0) is 0 Å². The zero-order chi connectivity index (χ0) is 16.1. The number of benzene rings is 1. The van der Waals surface area contributed by atoms with E-state index in [9.17, 15) is 39.5 Å². The quantitative estimate of drug-likeness (QED) is 0.403. The molecule has 0 saturated carbocycles. The van der Waals surface area contributed by atoms with Gasteiger partial charge in [-0.25, -0.2) is 39.5 Å². The Kier molecular flexibility index (Phi) is 3.77. The third-order valence-corrected chi connectivity index (χ3v) is 2.80. The standard InChI is InChI=1S/C12H2F9/c13-2-1-3(14)6(15)7(16)4(2)5-8(17)10(19)12(21)11(20)9(5)18/h4,7H. The molecule has 0 N–H and O–H groups in total. The van der Waals surface area contributed by atoms with Crippen LogP contribution in [0.2, 0.25) is 0 Å². The molecule has 0 aliphatic heterocycles. The second-order valence-corrected chi connectivity index (χ2v) is 4.00. The fourth-order valence-electron chi connectivity index (χ4n) is 1.81. The third kappa shape index (κ3) is 2.20. The van der Waals surface area contributed by atoms with E-state index in [2.05, 4.69) is 0 Å². The van der Waals surface area contributed by atoms with Gasteiger partial charge in [-0.1, -0.05) is 0 Å². The van der Waals surface area contributed by atoms with E-state index < -0.39 is 64.2 Å². The first-order valence-corrected chi connectivity index (χ1v) is 5.18. The first-order chi connectivity index (χ1) is 9.68. The van der Waals surface area contributed by atoms with Crippen molar-refractivity contribution in [1.82, 2.24) is 0 Å². The maximum atomic E-state index is 13.5. The van der Waals surface area contributed by atoms with Crippen molar-refractivity contribution in [2.75, 3.05) is 0 Å². The molecule has 9 heteroatoms. The van der Waals surface area contributed by atoms with Crippen LogP contribution < -0.4 is 0 Å². The minimum absolute atomic E-state index is 0.992. The Hall–Kier alpha value is -1.93. The van der Waals surface area contributed by atoms with Crippen molar-refractivity contribution < 1.29 is 39.5 Å². The molecular formula is C12H2F9. The third-order valence-electron chi connectivity index (χ3n) is 2.80. The van der Waals surface area contributed by atoms with E-state index in [1.165, 1.54) is 0 Å². The Labute approximate surface area is 111 Å². The van der Waals surface area contributed by atoms with Gasteiger partial charge in [0.2, 0.25) is 5.82 Å². The SMILES string of the molecule is FC1=[C]C(F)=C(F)C(F)C1c1c(F)c(F)c(F)c(F)c1F. The topological polar surface area (TPSA) is 0 Å². The lowest BCUT2D eigenvalue weighted by Gasteiger charge is -2.23. The van der Waals surface area contributed by atoms with Gasteiger partial charge in [-0.15, -0.1) is 0 Å². The lowest BCUT2D eigenvalue weighted by atomic mass is 9.87. The second-order valence-electron chi connectivity index (χ2n) is 4.00. The summed E-state index contributed by atoms with van der Waals surface area (Å²) >= 11 is 0. The number of hydrogen-bond donors (Lipinski definition) is 0. The number of hydrogen-bond acceptors (Lipinski definition) is 0. The lowest BCUT2D eigenvalue weighted by molar-refractivity contribution is 0.247. The lowest BCUT2D eigenvalue weighted by Crippen LogP contribution is -2.24. The molecule has 2 rings (SSSR count). The fourth-order valence-corrected chi connectivity index (χ4v) is 1.81. The first kappa shape index (κ1) is 15.5. The maximum Gasteiger partial charge on any atom is 0.200 e. The van der Waals surface area contributed by atoms with Crippen LogP contribution in [0.1, 0.15) is 11.5 Å². The molecule has 21 heavy (non-hydrogen) atoms. The van der Waals surface area contributed by atoms with Crippen molar-refractivity contribution >= 4 is 0 Å². The molecule has 1 radical (unpaired) electrons. The molecule has 0 spiro atoms. The molecule has 0 aromatic heterocycles. The van der Waals surface area contributed by atoms with Crippen LogP contribution in [0.3, 0.4) is 0 Å². The highest BCUT2D eigenvalue weighted by molar-refractivity contribution is 5.39. The highest BCUT2D eigenvalue weighted by Crippen LogP contribution is 2.43. The van der Waals surface area contributed by atoms with Gasteiger partial charge in [0, 0.05) is 5.56 Å². The molecule has 0 amide bonds. The molecule has 1 aromatic rings. The smallest absolute Gasteiger partial charge is 0.200 e. The molecular weight excluding hydrogens is 315 g/mol. The van der Waals surface area contributed by atoms with Crippen LogP contribution in [0.25, 0.3) is 0 Å². The number of allylic oxidation sites excluding steroid dienone is 4. The molecule has 1 aromatic carbocycles. The van der Waals surface area contributed by atoms with Crippen molar-refractivity contribution in [3.63, 3.8) is 0 Å². The molecule has 0 nitrogen and oxygen atoms in total. The van der Waals surface area contributed by atoms with E-state index in [0.717, 1.165) is 6.08 Å². The van der Waals surface area contributed by atoms with E-state index >= 15 is 0 Å². The van der Waals surface area contributed by atoms with E-state index in [-0.39, 0.29) is 0 Å². The summed E-state index contributed by atoms with van der Waals surface area (Å²) in [4.78, 5) is 0. The van der Waals surface area contributed by atoms with Crippen LogP contribution in [0, 0.1) is 35.2 Å². The summed E-state index contributed by atoms with van der Waals surface area (Å²) in [5, 5.41) is 0. The largest absolute Gasteiger partial charge is 0.238 e. The minimum atomic E-state index is -3.29. The van der Waals surface area contributed by atoms with Gasteiger partial charge in [0.25, 0.3) is 0 Å². The summed E-state index contributed by atoms with van der Waals surface area (Å²) in [6.07, 6.45) is -2.30. The molecule has 2 unspecified atom stereocenters.